The molecule has 0 aliphatic carbocycles. The van der Waals surface area contributed by atoms with E-state index in [1.165, 1.54) is 0 Å². The van der Waals surface area contributed by atoms with Gasteiger partial charge >= 0.3 is 5.97 Å². The Morgan fingerprint density at radius 1 is 1.43 bits per heavy atom. The average molecular weight is 204 g/mol. The van der Waals surface area contributed by atoms with Gasteiger partial charge in [-0.1, -0.05) is 0 Å². The fourth-order valence-electron chi connectivity index (χ4n) is 0.815. The standard InChI is InChI=1S/C8H16N2O4/c1-10(2)5-7(12)9-4-3-6(11)8(13)14/h6,11H,3-5H2,1-2H3,(H,9,12)(H,13,14)/t6-/m0/s1. The number of carbonyl (C=O) groups excluding carboxylic acids is 1. The van der Waals surface area contributed by atoms with E-state index in [0.717, 1.165) is 0 Å². The molecule has 1 amide bonds. The highest BCUT2D eigenvalue weighted by atomic mass is 16.4. The zero-order valence-corrected chi connectivity index (χ0v) is 8.36. The van der Waals surface area contributed by atoms with Gasteiger partial charge in [0, 0.05) is 13.0 Å². The molecule has 0 aliphatic rings. The molecule has 0 aromatic carbocycles. The van der Waals surface area contributed by atoms with Gasteiger partial charge in [-0.15, -0.1) is 0 Å². The average Bonchev–Trinajstić information content (AvgIpc) is 2.02. The molecule has 0 aromatic heterocycles. The van der Waals surface area contributed by atoms with E-state index >= 15 is 0 Å². The summed E-state index contributed by atoms with van der Waals surface area (Å²) in [4.78, 5) is 22.9. The van der Waals surface area contributed by atoms with E-state index in [1.807, 2.05) is 0 Å². The second-order valence-electron chi connectivity index (χ2n) is 3.23. The fraction of sp³-hybridized carbons (Fsp3) is 0.750. The normalized spacial score (nSPS) is 12.6. The fourth-order valence-corrected chi connectivity index (χ4v) is 0.815. The number of aliphatic hydroxyl groups excluding tert-OH is 1. The molecule has 6 heteroatoms. The molecule has 0 saturated heterocycles. The van der Waals surface area contributed by atoms with Crippen LogP contribution >= 0.6 is 0 Å². The summed E-state index contributed by atoms with van der Waals surface area (Å²) in [6, 6.07) is 0. The summed E-state index contributed by atoms with van der Waals surface area (Å²) in [5.74, 6) is -1.46. The highest BCUT2D eigenvalue weighted by Crippen LogP contribution is 1.89. The number of nitrogens with one attached hydrogen (secondary N) is 1. The number of likely N-dealkylation sites (N-methyl/N-ethyl adjacent to an activating group) is 1. The van der Waals surface area contributed by atoms with Crippen molar-refractivity contribution in [3.63, 3.8) is 0 Å². The van der Waals surface area contributed by atoms with E-state index in [4.69, 9.17) is 10.2 Å². The molecular weight excluding hydrogens is 188 g/mol. The van der Waals surface area contributed by atoms with Crippen molar-refractivity contribution in [2.45, 2.75) is 12.5 Å². The van der Waals surface area contributed by atoms with Gasteiger partial charge in [-0.3, -0.25) is 4.79 Å². The van der Waals surface area contributed by atoms with E-state index in [-0.39, 0.29) is 25.4 Å². The van der Waals surface area contributed by atoms with Crippen molar-refractivity contribution >= 4 is 11.9 Å². The Balaban J connectivity index is 3.54. The lowest BCUT2D eigenvalue weighted by molar-refractivity contribution is -0.147. The first-order valence-electron chi connectivity index (χ1n) is 4.25. The molecule has 6 nitrogen and oxygen atoms in total. The maximum Gasteiger partial charge on any atom is 0.332 e. The van der Waals surface area contributed by atoms with E-state index < -0.39 is 12.1 Å². The smallest absolute Gasteiger partial charge is 0.332 e. The Morgan fingerprint density at radius 3 is 2.43 bits per heavy atom. The molecule has 0 fully saturated rings. The number of aliphatic hydroxyl groups is 1. The van der Waals surface area contributed by atoms with E-state index in [0.29, 0.717) is 0 Å². The molecule has 0 heterocycles. The van der Waals surface area contributed by atoms with Gasteiger partial charge in [0.1, 0.15) is 0 Å². The molecule has 0 bridgehead atoms. The number of carbonyl (C=O) groups is 2. The van der Waals surface area contributed by atoms with Crippen LogP contribution in [0.4, 0.5) is 0 Å². The number of hydrogen-bond acceptors (Lipinski definition) is 4. The molecule has 1 atom stereocenters. The Labute approximate surface area is 82.5 Å². The van der Waals surface area contributed by atoms with Crippen LogP contribution in [0, 0.1) is 0 Å². The predicted molar refractivity (Wildman–Crippen MR) is 49.8 cm³/mol. The maximum absolute atomic E-state index is 11.0. The van der Waals surface area contributed by atoms with Crippen molar-refractivity contribution in [3.8, 4) is 0 Å². The number of rotatable bonds is 6. The molecular formula is C8H16N2O4. The van der Waals surface area contributed by atoms with Crippen LogP contribution in [0.1, 0.15) is 6.42 Å². The third-order valence-electron chi connectivity index (χ3n) is 1.48. The number of carboxylic acid groups (broad SMARTS) is 1. The Morgan fingerprint density at radius 2 is 2.00 bits per heavy atom. The van der Waals surface area contributed by atoms with E-state index in [9.17, 15) is 9.59 Å². The summed E-state index contributed by atoms with van der Waals surface area (Å²) in [6.45, 7) is 0.420. The van der Waals surface area contributed by atoms with Gasteiger partial charge in [0.2, 0.25) is 5.91 Å². The highest BCUT2D eigenvalue weighted by molar-refractivity contribution is 5.78. The van der Waals surface area contributed by atoms with E-state index in [1.54, 1.807) is 19.0 Å². The number of carboxylic acids is 1. The second kappa shape index (κ2) is 6.33. The van der Waals surface area contributed by atoms with Crippen LogP contribution in [-0.4, -0.2) is 60.3 Å². The lowest BCUT2D eigenvalue weighted by Crippen LogP contribution is -2.35. The molecule has 0 aromatic rings. The van der Waals surface area contributed by atoms with Crippen molar-refractivity contribution < 1.29 is 19.8 Å². The van der Waals surface area contributed by atoms with Crippen LogP contribution < -0.4 is 5.32 Å². The largest absolute Gasteiger partial charge is 0.479 e. The van der Waals surface area contributed by atoms with Crippen LogP contribution in [0.5, 0.6) is 0 Å². The maximum atomic E-state index is 11.0. The molecule has 0 spiro atoms. The number of amides is 1. The van der Waals surface area contributed by atoms with Gasteiger partial charge in [-0.25, -0.2) is 4.79 Å². The van der Waals surface area contributed by atoms with Crippen molar-refractivity contribution in [1.29, 1.82) is 0 Å². The zero-order chi connectivity index (χ0) is 11.1. The van der Waals surface area contributed by atoms with Crippen LogP contribution in [0.2, 0.25) is 0 Å². The SMILES string of the molecule is CN(C)CC(=O)NCC[C@H](O)C(=O)O. The first-order valence-corrected chi connectivity index (χ1v) is 4.25. The molecule has 0 saturated carbocycles. The van der Waals surface area contributed by atoms with Gasteiger partial charge in [0.05, 0.1) is 6.54 Å². The van der Waals surface area contributed by atoms with Gasteiger partial charge in [-0.2, -0.15) is 0 Å². The number of aliphatic carboxylic acids is 1. The van der Waals surface area contributed by atoms with Gasteiger partial charge in [0.15, 0.2) is 6.10 Å². The monoisotopic (exact) mass is 204 g/mol. The van der Waals surface area contributed by atoms with Crippen molar-refractivity contribution in [3.05, 3.63) is 0 Å². The molecule has 82 valence electrons. The van der Waals surface area contributed by atoms with Gasteiger partial charge < -0.3 is 20.4 Å². The van der Waals surface area contributed by atoms with Crippen molar-refractivity contribution in [2.24, 2.45) is 0 Å². The first kappa shape index (κ1) is 12.9. The lowest BCUT2D eigenvalue weighted by Gasteiger charge is -2.10. The number of hydrogen-bond donors (Lipinski definition) is 3. The van der Waals surface area contributed by atoms with Crippen LogP contribution in [0.3, 0.4) is 0 Å². The summed E-state index contributed by atoms with van der Waals surface area (Å²) in [6.07, 6.45) is -1.39. The van der Waals surface area contributed by atoms with Crippen LogP contribution in [0.15, 0.2) is 0 Å². The lowest BCUT2D eigenvalue weighted by atomic mass is 10.2. The molecule has 3 N–H and O–H groups in total. The Hall–Kier alpha value is -1.14. The number of nitrogens with zero attached hydrogens (tertiary/aromatic N) is 1. The van der Waals surface area contributed by atoms with Crippen molar-refractivity contribution in [1.82, 2.24) is 10.2 Å². The minimum absolute atomic E-state index is 0.0223. The Kier molecular flexibility index (Phi) is 5.82. The summed E-state index contributed by atoms with van der Waals surface area (Å²) in [7, 11) is 3.51. The van der Waals surface area contributed by atoms with Crippen LogP contribution in [0.25, 0.3) is 0 Å². The third kappa shape index (κ3) is 6.38. The minimum Gasteiger partial charge on any atom is -0.479 e. The van der Waals surface area contributed by atoms with Crippen molar-refractivity contribution in [2.75, 3.05) is 27.2 Å². The zero-order valence-electron chi connectivity index (χ0n) is 8.36. The topological polar surface area (TPSA) is 89.9 Å². The quantitative estimate of drug-likeness (QED) is 0.490. The first-order chi connectivity index (χ1) is 6.43. The Bertz CT molecular complexity index is 206. The van der Waals surface area contributed by atoms with Gasteiger partial charge in [0.25, 0.3) is 0 Å². The summed E-state index contributed by atoms with van der Waals surface area (Å²) < 4.78 is 0. The third-order valence-corrected chi connectivity index (χ3v) is 1.48. The predicted octanol–water partition coefficient (Wildman–Crippen LogP) is -1.50. The highest BCUT2D eigenvalue weighted by Gasteiger charge is 2.12. The molecule has 0 unspecified atom stereocenters. The summed E-state index contributed by atoms with van der Waals surface area (Å²) in [5, 5.41) is 19.7. The van der Waals surface area contributed by atoms with E-state index in [2.05, 4.69) is 5.32 Å². The summed E-state index contributed by atoms with van der Waals surface area (Å²) >= 11 is 0. The summed E-state index contributed by atoms with van der Waals surface area (Å²) in [5.41, 5.74) is 0. The molecule has 0 radical (unpaired) electrons. The molecule has 14 heavy (non-hydrogen) atoms. The minimum atomic E-state index is -1.41. The van der Waals surface area contributed by atoms with Gasteiger partial charge in [-0.05, 0) is 14.1 Å². The second-order valence-corrected chi connectivity index (χ2v) is 3.23. The molecule has 0 aliphatic heterocycles. The van der Waals surface area contributed by atoms with Crippen LogP contribution in [-0.2, 0) is 9.59 Å². The molecule has 0 rings (SSSR count).